The van der Waals surface area contributed by atoms with Crippen molar-refractivity contribution in [3.8, 4) is 11.5 Å². The van der Waals surface area contributed by atoms with Crippen LogP contribution in [0.2, 0.25) is 5.02 Å². The second-order valence-electron chi connectivity index (χ2n) is 6.74. The average Bonchev–Trinajstić information content (AvgIpc) is 2.67. The van der Waals surface area contributed by atoms with Crippen LogP contribution in [-0.2, 0) is 4.79 Å². The number of hydrogen-bond acceptors (Lipinski definition) is 4. The van der Waals surface area contributed by atoms with Gasteiger partial charge in [0.05, 0.1) is 14.2 Å². The van der Waals surface area contributed by atoms with Crippen molar-refractivity contribution in [1.29, 1.82) is 0 Å². The molecule has 0 aliphatic carbocycles. The minimum atomic E-state index is -0.722. The van der Waals surface area contributed by atoms with Crippen molar-refractivity contribution in [2.75, 3.05) is 19.5 Å². The first-order chi connectivity index (χ1) is 13.2. The lowest BCUT2D eigenvalue weighted by Gasteiger charge is -2.22. The summed E-state index contributed by atoms with van der Waals surface area (Å²) in [4.78, 5) is 25.5. The molecule has 2 N–H and O–H groups in total. The van der Waals surface area contributed by atoms with Crippen molar-refractivity contribution >= 4 is 29.1 Å². The summed E-state index contributed by atoms with van der Waals surface area (Å²) in [5, 5.41) is 6.25. The Morgan fingerprint density at radius 3 is 2.11 bits per heavy atom. The minimum Gasteiger partial charge on any atom is -0.497 e. The molecule has 0 aliphatic heterocycles. The molecule has 0 saturated heterocycles. The molecule has 1 atom stereocenters. The van der Waals surface area contributed by atoms with E-state index in [1.54, 1.807) is 36.4 Å². The van der Waals surface area contributed by atoms with Crippen molar-refractivity contribution in [2.24, 2.45) is 5.92 Å². The van der Waals surface area contributed by atoms with Gasteiger partial charge in [-0.15, -0.1) is 0 Å². The van der Waals surface area contributed by atoms with Gasteiger partial charge in [-0.3, -0.25) is 9.59 Å². The highest BCUT2D eigenvalue weighted by Crippen LogP contribution is 2.23. The Morgan fingerprint density at radius 2 is 1.61 bits per heavy atom. The van der Waals surface area contributed by atoms with Gasteiger partial charge in [0, 0.05) is 22.3 Å². The van der Waals surface area contributed by atoms with Gasteiger partial charge in [0.1, 0.15) is 17.5 Å². The smallest absolute Gasteiger partial charge is 0.252 e. The first-order valence-electron chi connectivity index (χ1n) is 8.86. The second-order valence-corrected chi connectivity index (χ2v) is 7.18. The van der Waals surface area contributed by atoms with E-state index in [2.05, 4.69) is 10.6 Å². The molecule has 0 aliphatic rings. The molecule has 6 nitrogen and oxygen atoms in total. The summed E-state index contributed by atoms with van der Waals surface area (Å²) in [6.07, 6.45) is 0. The summed E-state index contributed by atoms with van der Waals surface area (Å²) in [5.41, 5.74) is 1.84. The van der Waals surface area contributed by atoms with Crippen LogP contribution < -0.4 is 20.1 Å². The molecular weight excluding hydrogens is 380 g/mol. The Kier molecular flexibility index (Phi) is 7.29. The van der Waals surface area contributed by atoms with Crippen LogP contribution in [0.5, 0.6) is 11.5 Å². The van der Waals surface area contributed by atoms with E-state index < -0.39 is 6.04 Å². The summed E-state index contributed by atoms with van der Waals surface area (Å²) in [7, 11) is 3.02. The lowest BCUT2D eigenvalue weighted by molar-refractivity contribution is -0.118. The number of anilines is 1. The highest BCUT2D eigenvalue weighted by molar-refractivity contribution is 6.30. The number of rotatable bonds is 7. The van der Waals surface area contributed by atoms with Crippen LogP contribution in [0, 0.1) is 12.8 Å². The number of carbonyl (C=O) groups is 2. The van der Waals surface area contributed by atoms with Gasteiger partial charge >= 0.3 is 0 Å². The molecule has 0 bridgehead atoms. The van der Waals surface area contributed by atoms with E-state index in [1.807, 2.05) is 20.8 Å². The topological polar surface area (TPSA) is 76.7 Å². The Labute approximate surface area is 170 Å². The average molecular weight is 405 g/mol. The molecule has 0 spiro atoms. The van der Waals surface area contributed by atoms with Crippen LogP contribution in [0.25, 0.3) is 0 Å². The number of halogens is 1. The summed E-state index contributed by atoms with van der Waals surface area (Å²) in [5.74, 6) is 0.172. The molecular formula is C21H25ClN2O4. The van der Waals surface area contributed by atoms with Crippen LogP contribution in [0.1, 0.15) is 29.8 Å². The fourth-order valence-electron chi connectivity index (χ4n) is 2.68. The quantitative estimate of drug-likeness (QED) is 0.729. The molecule has 2 aromatic rings. The van der Waals surface area contributed by atoms with Crippen molar-refractivity contribution in [1.82, 2.24) is 5.32 Å². The third kappa shape index (κ3) is 5.39. The van der Waals surface area contributed by atoms with Gasteiger partial charge in [-0.05, 0) is 48.7 Å². The maximum atomic E-state index is 12.8. The number of nitrogens with one attached hydrogen (secondary N) is 2. The lowest BCUT2D eigenvalue weighted by Crippen LogP contribution is -2.47. The third-order valence-corrected chi connectivity index (χ3v) is 4.53. The van der Waals surface area contributed by atoms with Gasteiger partial charge in [0.2, 0.25) is 5.91 Å². The molecule has 150 valence electrons. The molecule has 0 aromatic heterocycles. The SMILES string of the molecule is COc1cc(OC)cc(C(=O)NC(C(=O)Nc2ccc(Cl)cc2C)C(C)C)c1. The van der Waals surface area contributed by atoms with Gasteiger partial charge in [0.15, 0.2) is 0 Å². The van der Waals surface area contributed by atoms with Crippen LogP contribution in [0.15, 0.2) is 36.4 Å². The third-order valence-electron chi connectivity index (χ3n) is 4.30. The van der Waals surface area contributed by atoms with E-state index in [0.29, 0.717) is 27.8 Å². The zero-order valence-electron chi connectivity index (χ0n) is 16.6. The van der Waals surface area contributed by atoms with E-state index >= 15 is 0 Å². The predicted molar refractivity (Wildman–Crippen MR) is 110 cm³/mol. The zero-order valence-corrected chi connectivity index (χ0v) is 17.4. The first kappa shape index (κ1) is 21.6. The van der Waals surface area contributed by atoms with E-state index in [1.165, 1.54) is 14.2 Å². The number of ether oxygens (including phenoxy) is 2. The molecule has 0 fully saturated rings. The van der Waals surface area contributed by atoms with Gasteiger partial charge in [-0.1, -0.05) is 25.4 Å². The summed E-state index contributed by atoms with van der Waals surface area (Å²) in [6.45, 7) is 5.59. The van der Waals surface area contributed by atoms with E-state index in [-0.39, 0.29) is 17.7 Å². The van der Waals surface area contributed by atoms with Crippen molar-refractivity contribution in [2.45, 2.75) is 26.8 Å². The number of amides is 2. The van der Waals surface area contributed by atoms with Crippen LogP contribution in [0.4, 0.5) is 5.69 Å². The van der Waals surface area contributed by atoms with Crippen molar-refractivity contribution in [3.05, 3.63) is 52.5 Å². The van der Waals surface area contributed by atoms with E-state index in [9.17, 15) is 9.59 Å². The number of methoxy groups -OCH3 is 2. The largest absolute Gasteiger partial charge is 0.497 e. The number of carbonyl (C=O) groups excluding carboxylic acids is 2. The van der Waals surface area contributed by atoms with E-state index in [0.717, 1.165) is 5.56 Å². The molecule has 2 amide bonds. The normalized spacial score (nSPS) is 11.7. The van der Waals surface area contributed by atoms with Crippen LogP contribution >= 0.6 is 11.6 Å². The molecule has 2 rings (SSSR count). The fraction of sp³-hybridized carbons (Fsp3) is 0.333. The molecule has 0 saturated carbocycles. The molecule has 2 aromatic carbocycles. The highest BCUT2D eigenvalue weighted by atomic mass is 35.5. The van der Waals surface area contributed by atoms with Crippen LogP contribution in [0.3, 0.4) is 0 Å². The summed E-state index contributed by atoms with van der Waals surface area (Å²) < 4.78 is 10.4. The maximum absolute atomic E-state index is 12.8. The molecule has 1 unspecified atom stereocenters. The number of hydrogen-bond donors (Lipinski definition) is 2. The fourth-order valence-corrected chi connectivity index (χ4v) is 2.90. The number of benzene rings is 2. The van der Waals surface area contributed by atoms with Gasteiger partial charge in [-0.25, -0.2) is 0 Å². The minimum absolute atomic E-state index is 0.121. The van der Waals surface area contributed by atoms with Crippen LogP contribution in [-0.4, -0.2) is 32.1 Å². The predicted octanol–water partition coefficient (Wildman–Crippen LogP) is 4.06. The van der Waals surface area contributed by atoms with Gasteiger partial charge in [0.25, 0.3) is 5.91 Å². The molecule has 28 heavy (non-hydrogen) atoms. The Balaban J connectivity index is 2.20. The lowest BCUT2D eigenvalue weighted by atomic mass is 10.0. The zero-order chi connectivity index (χ0) is 20.8. The van der Waals surface area contributed by atoms with Crippen molar-refractivity contribution in [3.63, 3.8) is 0 Å². The first-order valence-corrected chi connectivity index (χ1v) is 9.24. The second kappa shape index (κ2) is 9.46. The van der Waals surface area contributed by atoms with Gasteiger partial charge in [-0.2, -0.15) is 0 Å². The summed E-state index contributed by atoms with van der Waals surface area (Å²) >= 11 is 5.96. The number of aryl methyl sites for hydroxylation is 1. The Hall–Kier alpha value is -2.73. The monoisotopic (exact) mass is 404 g/mol. The molecule has 7 heteroatoms. The van der Waals surface area contributed by atoms with E-state index in [4.69, 9.17) is 21.1 Å². The summed E-state index contributed by atoms with van der Waals surface area (Å²) in [6, 6.07) is 9.35. The molecule has 0 heterocycles. The highest BCUT2D eigenvalue weighted by Gasteiger charge is 2.25. The standard InChI is InChI=1S/C21H25ClN2O4/c1-12(2)19(21(26)23-18-7-6-15(22)8-13(18)3)24-20(25)14-9-16(27-4)11-17(10-14)28-5/h6-12,19H,1-5H3,(H,23,26)(H,24,25). The van der Waals surface area contributed by atoms with Crippen molar-refractivity contribution < 1.29 is 19.1 Å². The maximum Gasteiger partial charge on any atom is 0.252 e. The Morgan fingerprint density at radius 1 is 1.00 bits per heavy atom. The Bertz CT molecular complexity index is 845. The van der Waals surface area contributed by atoms with Gasteiger partial charge < -0.3 is 20.1 Å². The molecule has 0 radical (unpaired) electrons.